The van der Waals surface area contributed by atoms with E-state index in [2.05, 4.69) is 29.6 Å². The van der Waals surface area contributed by atoms with Gasteiger partial charge in [-0.25, -0.2) is 0 Å². The highest BCUT2D eigenvalue weighted by Gasteiger charge is 2.30. The first-order chi connectivity index (χ1) is 15.5. The largest absolute Gasteiger partial charge is 0.354 e. The number of thioether (sulfide) groups is 1. The summed E-state index contributed by atoms with van der Waals surface area (Å²) in [6, 6.07) is 23.2. The van der Waals surface area contributed by atoms with E-state index in [4.69, 9.17) is 11.6 Å². The quantitative estimate of drug-likeness (QED) is 0.493. The standard InChI is InChI=1S/C26H23ClN2O2S/c1-18-6-8-19(9-7-18)14-15-28-25(30)17-29-22-4-2-3-5-23(22)32-24(26(29)31)16-20-10-12-21(27)13-11-20/h2-13,16H,14-15,17H2,1H3,(H,28,30)/b24-16+. The van der Waals surface area contributed by atoms with Crippen molar-refractivity contribution < 1.29 is 9.59 Å². The smallest absolute Gasteiger partial charge is 0.265 e. The van der Waals surface area contributed by atoms with Gasteiger partial charge in [0, 0.05) is 16.5 Å². The van der Waals surface area contributed by atoms with Crippen LogP contribution in [0.25, 0.3) is 6.08 Å². The normalized spacial score (nSPS) is 14.4. The predicted octanol–water partition coefficient (Wildman–Crippen LogP) is 5.49. The van der Waals surface area contributed by atoms with E-state index >= 15 is 0 Å². The molecule has 0 unspecified atom stereocenters. The molecule has 0 saturated heterocycles. The van der Waals surface area contributed by atoms with Crippen molar-refractivity contribution in [2.45, 2.75) is 18.2 Å². The van der Waals surface area contributed by atoms with E-state index in [9.17, 15) is 9.59 Å². The minimum atomic E-state index is -0.183. The van der Waals surface area contributed by atoms with E-state index in [-0.39, 0.29) is 18.4 Å². The van der Waals surface area contributed by atoms with Crippen molar-refractivity contribution in [3.05, 3.63) is 99.4 Å². The third-order valence-electron chi connectivity index (χ3n) is 5.16. The van der Waals surface area contributed by atoms with E-state index in [1.54, 1.807) is 17.0 Å². The number of halogens is 1. The van der Waals surface area contributed by atoms with E-state index in [1.807, 2.05) is 49.4 Å². The molecule has 0 fully saturated rings. The molecule has 4 nitrogen and oxygen atoms in total. The van der Waals surface area contributed by atoms with Crippen LogP contribution in [0.1, 0.15) is 16.7 Å². The molecule has 2 amide bonds. The summed E-state index contributed by atoms with van der Waals surface area (Å²) >= 11 is 7.39. The molecule has 1 N–H and O–H groups in total. The Morgan fingerprint density at radius 2 is 1.75 bits per heavy atom. The molecule has 0 aliphatic carbocycles. The molecule has 0 atom stereocenters. The van der Waals surface area contributed by atoms with Gasteiger partial charge < -0.3 is 5.32 Å². The van der Waals surface area contributed by atoms with Crippen molar-refractivity contribution in [2.24, 2.45) is 0 Å². The summed E-state index contributed by atoms with van der Waals surface area (Å²) in [5, 5.41) is 3.58. The maximum Gasteiger partial charge on any atom is 0.265 e. The van der Waals surface area contributed by atoms with Gasteiger partial charge >= 0.3 is 0 Å². The number of hydrogen-bond donors (Lipinski definition) is 1. The average molecular weight is 463 g/mol. The maximum absolute atomic E-state index is 13.3. The summed E-state index contributed by atoms with van der Waals surface area (Å²) in [5.41, 5.74) is 4.01. The molecule has 3 aromatic rings. The Hall–Kier alpha value is -3.02. The molecule has 0 bridgehead atoms. The molecule has 1 heterocycles. The van der Waals surface area contributed by atoms with E-state index in [1.165, 1.54) is 22.9 Å². The molecule has 32 heavy (non-hydrogen) atoms. The fourth-order valence-corrected chi connectivity index (χ4v) is 4.61. The van der Waals surface area contributed by atoms with Crippen molar-refractivity contribution in [3.63, 3.8) is 0 Å². The highest BCUT2D eigenvalue weighted by atomic mass is 35.5. The fraction of sp³-hybridized carbons (Fsp3) is 0.154. The van der Waals surface area contributed by atoms with Crippen molar-refractivity contribution in [1.82, 2.24) is 5.32 Å². The lowest BCUT2D eigenvalue weighted by molar-refractivity contribution is -0.122. The number of amides is 2. The van der Waals surface area contributed by atoms with Crippen molar-refractivity contribution in [3.8, 4) is 0 Å². The Balaban J connectivity index is 1.47. The van der Waals surface area contributed by atoms with Crippen LogP contribution >= 0.6 is 23.4 Å². The van der Waals surface area contributed by atoms with Gasteiger partial charge in [0.05, 0.1) is 10.6 Å². The van der Waals surface area contributed by atoms with Gasteiger partial charge in [-0.2, -0.15) is 0 Å². The molecule has 1 aliphatic heterocycles. The first-order valence-electron chi connectivity index (χ1n) is 10.4. The summed E-state index contributed by atoms with van der Waals surface area (Å²) in [6.07, 6.45) is 2.58. The number of hydrogen-bond acceptors (Lipinski definition) is 3. The number of carbonyl (C=O) groups excluding carboxylic acids is 2. The van der Waals surface area contributed by atoms with Gasteiger partial charge in [0.1, 0.15) is 6.54 Å². The lowest BCUT2D eigenvalue weighted by Gasteiger charge is -2.29. The van der Waals surface area contributed by atoms with Crippen LogP contribution in [0.4, 0.5) is 5.69 Å². The summed E-state index contributed by atoms with van der Waals surface area (Å²) in [5.74, 6) is -0.365. The number of fused-ring (bicyclic) bond motifs is 1. The van der Waals surface area contributed by atoms with Gasteiger partial charge in [-0.15, -0.1) is 0 Å². The average Bonchev–Trinajstić information content (AvgIpc) is 2.79. The molecule has 0 saturated carbocycles. The molecule has 0 aromatic heterocycles. The monoisotopic (exact) mass is 462 g/mol. The van der Waals surface area contributed by atoms with Gasteiger partial charge in [-0.05, 0) is 54.8 Å². The minimum Gasteiger partial charge on any atom is -0.354 e. The Kier molecular flexibility index (Phi) is 6.98. The second kappa shape index (κ2) is 10.1. The van der Waals surface area contributed by atoms with E-state index in [0.717, 1.165) is 22.6 Å². The highest BCUT2D eigenvalue weighted by Crippen LogP contribution is 2.41. The Morgan fingerprint density at radius 3 is 2.50 bits per heavy atom. The van der Waals surface area contributed by atoms with Crippen LogP contribution in [-0.2, 0) is 16.0 Å². The first-order valence-corrected chi connectivity index (χ1v) is 11.6. The van der Waals surface area contributed by atoms with E-state index < -0.39 is 0 Å². The van der Waals surface area contributed by atoms with Crippen LogP contribution in [0.2, 0.25) is 5.02 Å². The van der Waals surface area contributed by atoms with Crippen LogP contribution in [0.15, 0.2) is 82.6 Å². The Morgan fingerprint density at radius 1 is 1.03 bits per heavy atom. The molecule has 0 radical (unpaired) electrons. The number of carbonyl (C=O) groups is 2. The number of rotatable bonds is 6. The number of benzene rings is 3. The third kappa shape index (κ3) is 5.42. The lowest BCUT2D eigenvalue weighted by Crippen LogP contribution is -2.43. The number of para-hydroxylation sites is 1. The third-order valence-corrected chi connectivity index (χ3v) is 6.49. The molecule has 3 aromatic carbocycles. The zero-order valence-electron chi connectivity index (χ0n) is 17.7. The number of aryl methyl sites for hydroxylation is 1. The number of nitrogens with one attached hydrogen (secondary N) is 1. The van der Waals surface area contributed by atoms with Crippen LogP contribution < -0.4 is 10.2 Å². The molecular weight excluding hydrogens is 440 g/mol. The van der Waals surface area contributed by atoms with Crippen molar-refractivity contribution in [2.75, 3.05) is 18.0 Å². The topological polar surface area (TPSA) is 49.4 Å². The second-order valence-electron chi connectivity index (χ2n) is 7.61. The van der Waals surface area contributed by atoms with Gasteiger partial charge in [0.15, 0.2) is 0 Å². The molecule has 1 aliphatic rings. The van der Waals surface area contributed by atoms with Crippen LogP contribution in [-0.4, -0.2) is 24.9 Å². The first kappa shape index (κ1) is 22.2. The summed E-state index contributed by atoms with van der Waals surface area (Å²) in [4.78, 5) is 29.0. The predicted molar refractivity (Wildman–Crippen MR) is 132 cm³/mol. The van der Waals surface area contributed by atoms with Crippen LogP contribution in [0.5, 0.6) is 0 Å². The van der Waals surface area contributed by atoms with Gasteiger partial charge in [-0.3, -0.25) is 14.5 Å². The Bertz CT molecular complexity index is 1160. The molecule has 4 rings (SSSR count). The van der Waals surface area contributed by atoms with Crippen molar-refractivity contribution >= 4 is 46.9 Å². The molecular formula is C26H23ClN2O2S. The zero-order chi connectivity index (χ0) is 22.5. The van der Waals surface area contributed by atoms with Gasteiger partial charge in [0.2, 0.25) is 5.91 Å². The summed E-state index contributed by atoms with van der Waals surface area (Å²) in [7, 11) is 0. The second-order valence-corrected chi connectivity index (χ2v) is 9.13. The Labute approximate surface area is 197 Å². The van der Waals surface area contributed by atoms with Crippen molar-refractivity contribution in [1.29, 1.82) is 0 Å². The number of nitrogens with zero attached hydrogens (tertiary/aromatic N) is 1. The molecule has 0 spiro atoms. The zero-order valence-corrected chi connectivity index (χ0v) is 19.2. The van der Waals surface area contributed by atoms with Gasteiger partial charge in [-0.1, -0.05) is 77.5 Å². The summed E-state index contributed by atoms with van der Waals surface area (Å²) in [6.45, 7) is 2.54. The van der Waals surface area contributed by atoms with E-state index in [0.29, 0.717) is 16.5 Å². The molecule has 162 valence electrons. The fourth-order valence-electron chi connectivity index (χ4n) is 3.43. The molecule has 6 heteroatoms. The lowest BCUT2D eigenvalue weighted by atomic mass is 10.1. The van der Waals surface area contributed by atoms with Gasteiger partial charge in [0.25, 0.3) is 5.91 Å². The number of anilines is 1. The highest BCUT2D eigenvalue weighted by molar-refractivity contribution is 8.04. The minimum absolute atomic E-state index is 0.0255. The SMILES string of the molecule is Cc1ccc(CCNC(=O)CN2C(=O)/C(=C\c3ccc(Cl)cc3)Sc3ccccc32)cc1. The maximum atomic E-state index is 13.3. The van der Waals surface area contributed by atoms with Crippen LogP contribution in [0.3, 0.4) is 0 Å². The van der Waals surface area contributed by atoms with Crippen LogP contribution in [0, 0.1) is 6.92 Å². The summed E-state index contributed by atoms with van der Waals surface area (Å²) < 4.78 is 0.